The number of nitrogens with one attached hydrogen (secondary N) is 2. The predicted molar refractivity (Wildman–Crippen MR) is 95.7 cm³/mol. The summed E-state index contributed by atoms with van der Waals surface area (Å²) in [6.07, 6.45) is 0.982. The number of nitrogens with zero attached hydrogens (tertiary/aromatic N) is 3. The molecule has 3 rings (SSSR count). The van der Waals surface area contributed by atoms with Gasteiger partial charge >= 0.3 is 5.69 Å². The van der Waals surface area contributed by atoms with Crippen LogP contribution in [0, 0.1) is 27.6 Å². The van der Waals surface area contributed by atoms with Crippen molar-refractivity contribution in [3.8, 4) is 0 Å². The van der Waals surface area contributed by atoms with Crippen LogP contribution in [0.4, 0.5) is 41.9 Å². The van der Waals surface area contributed by atoms with E-state index in [9.17, 15) is 23.3 Å². The zero-order valence-electron chi connectivity index (χ0n) is 13.2. The summed E-state index contributed by atoms with van der Waals surface area (Å²) >= 11 is 3.11. The van der Waals surface area contributed by atoms with Crippen LogP contribution >= 0.6 is 15.9 Å². The van der Waals surface area contributed by atoms with Gasteiger partial charge < -0.3 is 10.6 Å². The molecule has 2 N–H and O–H groups in total. The van der Waals surface area contributed by atoms with E-state index in [0.29, 0.717) is 10.5 Å². The predicted octanol–water partition coefficient (Wildman–Crippen LogP) is 5.05. The van der Waals surface area contributed by atoms with E-state index in [4.69, 9.17) is 0 Å². The van der Waals surface area contributed by atoms with Crippen LogP contribution in [0.1, 0.15) is 0 Å². The summed E-state index contributed by atoms with van der Waals surface area (Å²) in [6.45, 7) is 0. The highest BCUT2D eigenvalue weighted by atomic mass is 79.9. The third kappa shape index (κ3) is 4.14. The molecule has 138 valence electrons. The second-order valence-corrected chi connectivity index (χ2v) is 6.09. The van der Waals surface area contributed by atoms with Crippen molar-refractivity contribution in [2.24, 2.45) is 0 Å². The highest BCUT2D eigenvalue weighted by Crippen LogP contribution is 2.34. The van der Waals surface area contributed by atoms with E-state index in [1.165, 1.54) is 18.2 Å². The molecular formula is C16H9BrF3N5O2. The Kier molecular flexibility index (Phi) is 5.21. The maximum Gasteiger partial charge on any atom is 0.353 e. The molecule has 0 saturated carbocycles. The van der Waals surface area contributed by atoms with E-state index >= 15 is 0 Å². The van der Waals surface area contributed by atoms with Crippen LogP contribution in [0.3, 0.4) is 0 Å². The van der Waals surface area contributed by atoms with Gasteiger partial charge in [-0.25, -0.2) is 23.1 Å². The fourth-order valence-corrected chi connectivity index (χ4v) is 2.50. The molecule has 0 amide bonds. The van der Waals surface area contributed by atoms with E-state index in [1.807, 2.05) is 0 Å². The average molecular weight is 440 g/mol. The maximum absolute atomic E-state index is 14.0. The van der Waals surface area contributed by atoms with Gasteiger partial charge in [0.1, 0.15) is 23.8 Å². The summed E-state index contributed by atoms with van der Waals surface area (Å²) in [4.78, 5) is 18.2. The van der Waals surface area contributed by atoms with Crippen LogP contribution in [-0.4, -0.2) is 14.9 Å². The van der Waals surface area contributed by atoms with Crippen molar-refractivity contribution < 1.29 is 18.1 Å². The van der Waals surface area contributed by atoms with E-state index < -0.39 is 28.1 Å². The van der Waals surface area contributed by atoms with Crippen LogP contribution in [-0.2, 0) is 0 Å². The van der Waals surface area contributed by atoms with Gasteiger partial charge in [0.25, 0.3) is 0 Å². The van der Waals surface area contributed by atoms with Crippen molar-refractivity contribution in [2.75, 3.05) is 10.6 Å². The molecule has 1 heterocycles. The van der Waals surface area contributed by atoms with Crippen LogP contribution < -0.4 is 10.6 Å². The summed E-state index contributed by atoms with van der Waals surface area (Å²) in [7, 11) is 0. The molecule has 0 bridgehead atoms. The lowest BCUT2D eigenvalue weighted by molar-refractivity contribution is -0.383. The Labute approximate surface area is 158 Å². The van der Waals surface area contributed by atoms with Crippen molar-refractivity contribution >= 4 is 44.6 Å². The molecule has 27 heavy (non-hydrogen) atoms. The van der Waals surface area contributed by atoms with E-state index in [-0.39, 0.29) is 23.0 Å². The normalized spacial score (nSPS) is 10.5. The molecule has 0 atom stereocenters. The molecule has 7 nitrogen and oxygen atoms in total. The largest absolute Gasteiger partial charge is 0.353 e. The minimum absolute atomic E-state index is 0.0566. The molecule has 0 aliphatic carbocycles. The second-order valence-electron chi connectivity index (χ2n) is 5.17. The smallest absolute Gasteiger partial charge is 0.332 e. The van der Waals surface area contributed by atoms with E-state index in [0.717, 1.165) is 18.5 Å². The first-order chi connectivity index (χ1) is 12.8. The molecule has 0 spiro atoms. The number of halogens is 4. The molecule has 0 saturated heterocycles. The van der Waals surface area contributed by atoms with Crippen LogP contribution in [0.25, 0.3) is 0 Å². The van der Waals surface area contributed by atoms with E-state index in [1.54, 1.807) is 0 Å². The Balaban J connectivity index is 2.01. The summed E-state index contributed by atoms with van der Waals surface area (Å²) in [6, 6.07) is 6.73. The lowest BCUT2D eigenvalue weighted by atomic mass is 10.2. The van der Waals surface area contributed by atoms with Gasteiger partial charge in [0, 0.05) is 10.5 Å². The summed E-state index contributed by atoms with van der Waals surface area (Å²) in [5.41, 5.74) is -0.915. The summed E-state index contributed by atoms with van der Waals surface area (Å²) < 4.78 is 41.3. The minimum atomic E-state index is -0.962. The highest BCUT2D eigenvalue weighted by Gasteiger charge is 2.24. The van der Waals surface area contributed by atoms with Crippen LogP contribution in [0.2, 0.25) is 0 Å². The number of benzene rings is 2. The first kappa shape index (κ1) is 18.6. The molecule has 0 radical (unpaired) electrons. The lowest BCUT2D eigenvalue weighted by Gasteiger charge is -2.11. The van der Waals surface area contributed by atoms with Crippen molar-refractivity contribution in [2.45, 2.75) is 0 Å². The molecule has 0 aliphatic rings. The zero-order chi connectivity index (χ0) is 19.6. The monoisotopic (exact) mass is 439 g/mol. The number of hydrogen-bond acceptors (Lipinski definition) is 6. The minimum Gasteiger partial charge on any atom is -0.332 e. The number of aromatic nitrogens is 2. The SMILES string of the molecule is O=[N+]([O-])c1c(Nc2ccc(F)cc2F)ncnc1Nc1ccc(Br)cc1F. The Morgan fingerprint density at radius 3 is 2.00 bits per heavy atom. The molecule has 2 aromatic carbocycles. The molecule has 11 heteroatoms. The van der Waals surface area contributed by atoms with Gasteiger partial charge in [0.2, 0.25) is 11.6 Å². The third-order valence-electron chi connectivity index (χ3n) is 3.37. The molecule has 3 aromatic rings. The molecule has 0 fully saturated rings. The van der Waals surface area contributed by atoms with Gasteiger partial charge in [-0.1, -0.05) is 15.9 Å². The Hall–Kier alpha value is -3.21. The first-order valence-corrected chi connectivity index (χ1v) is 8.08. The lowest BCUT2D eigenvalue weighted by Crippen LogP contribution is -2.07. The Morgan fingerprint density at radius 2 is 1.48 bits per heavy atom. The topological polar surface area (TPSA) is 93.0 Å². The number of rotatable bonds is 5. The summed E-state index contributed by atoms with van der Waals surface area (Å²) in [5.74, 6) is -3.09. The molecule has 0 unspecified atom stereocenters. The van der Waals surface area contributed by atoms with Crippen LogP contribution in [0.15, 0.2) is 47.2 Å². The third-order valence-corrected chi connectivity index (χ3v) is 3.87. The standard InChI is InChI=1S/C16H9BrF3N5O2/c17-8-1-3-12(10(19)5-8)23-15-14(25(26)27)16(22-7-21-15)24-13-4-2-9(18)6-11(13)20/h1-7H,(H2,21,22,23,24). The number of anilines is 4. The van der Waals surface area contributed by atoms with Gasteiger partial charge in [-0.05, 0) is 30.3 Å². The number of hydrogen-bond donors (Lipinski definition) is 2. The molecule has 0 aliphatic heterocycles. The van der Waals surface area contributed by atoms with Gasteiger partial charge in [0.05, 0.1) is 16.3 Å². The van der Waals surface area contributed by atoms with Crippen molar-refractivity contribution in [1.82, 2.24) is 9.97 Å². The first-order valence-electron chi connectivity index (χ1n) is 7.28. The Morgan fingerprint density at radius 1 is 0.926 bits per heavy atom. The fourth-order valence-electron chi connectivity index (χ4n) is 2.17. The highest BCUT2D eigenvalue weighted by molar-refractivity contribution is 9.10. The van der Waals surface area contributed by atoms with Crippen molar-refractivity contribution in [1.29, 1.82) is 0 Å². The second kappa shape index (κ2) is 7.58. The Bertz CT molecular complexity index is 963. The van der Waals surface area contributed by atoms with Gasteiger partial charge in [-0.15, -0.1) is 0 Å². The van der Waals surface area contributed by atoms with Gasteiger partial charge in [-0.3, -0.25) is 10.1 Å². The molecule has 1 aromatic heterocycles. The van der Waals surface area contributed by atoms with Crippen molar-refractivity contribution in [3.63, 3.8) is 0 Å². The van der Waals surface area contributed by atoms with Gasteiger partial charge in [-0.2, -0.15) is 0 Å². The van der Waals surface area contributed by atoms with Crippen molar-refractivity contribution in [3.05, 3.63) is 74.8 Å². The number of nitro groups is 1. The zero-order valence-corrected chi connectivity index (χ0v) is 14.8. The maximum atomic E-state index is 14.0. The van der Waals surface area contributed by atoms with Gasteiger partial charge in [0.15, 0.2) is 0 Å². The summed E-state index contributed by atoms with van der Waals surface area (Å²) in [5, 5.41) is 16.4. The van der Waals surface area contributed by atoms with E-state index in [2.05, 4.69) is 36.5 Å². The fraction of sp³-hybridized carbons (Fsp3) is 0. The average Bonchev–Trinajstić information content (AvgIpc) is 2.60. The quantitative estimate of drug-likeness (QED) is 0.426. The molecular weight excluding hydrogens is 431 g/mol. The van der Waals surface area contributed by atoms with Crippen LogP contribution in [0.5, 0.6) is 0 Å².